The van der Waals surface area contributed by atoms with E-state index in [1.807, 2.05) is 19.9 Å². The molecule has 1 aromatic carbocycles. The first-order chi connectivity index (χ1) is 12.5. The van der Waals surface area contributed by atoms with Crippen LogP contribution in [0, 0.1) is 19.7 Å². The molecule has 0 unspecified atom stereocenters. The Morgan fingerprint density at radius 3 is 2.65 bits per heavy atom. The third kappa shape index (κ3) is 2.67. The summed E-state index contributed by atoms with van der Waals surface area (Å²) in [5.41, 5.74) is 3.74. The number of hydrogen-bond donors (Lipinski definition) is 1. The fourth-order valence-electron chi connectivity index (χ4n) is 3.00. The van der Waals surface area contributed by atoms with Crippen LogP contribution in [0.1, 0.15) is 17.2 Å². The van der Waals surface area contributed by atoms with E-state index in [2.05, 4.69) is 5.16 Å². The van der Waals surface area contributed by atoms with E-state index in [4.69, 9.17) is 25.5 Å². The predicted molar refractivity (Wildman–Crippen MR) is 95.3 cm³/mol. The quantitative estimate of drug-likeness (QED) is 0.544. The van der Waals surface area contributed by atoms with Gasteiger partial charge in [0.15, 0.2) is 5.58 Å². The van der Waals surface area contributed by atoms with Crippen molar-refractivity contribution < 1.29 is 18.4 Å². The van der Waals surface area contributed by atoms with Crippen molar-refractivity contribution in [2.45, 2.75) is 20.5 Å². The zero-order valence-electron chi connectivity index (χ0n) is 14.0. The summed E-state index contributed by atoms with van der Waals surface area (Å²) >= 11 is 5.94. The summed E-state index contributed by atoms with van der Waals surface area (Å²) < 4.78 is 24.5. The lowest BCUT2D eigenvalue weighted by molar-refractivity contribution is 0.251. The Kier molecular flexibility index (Phi) is 4.01. The molecule has 7 heteroatoms. The normalized spacial score (nSPS) is 11.4. The number of aryl methyl sites for hydroxylation is 2. The fourth-order valence-corrected chi connectivity index (χ4v) is 3.18. The molecule has 5 nitrogen and oxygen atoms in total. The second-order valence-electron chi connectivity index (χ2n) is 5.97. The third-order valence-corrected chi connectivity index (χ3v) is 4.48. The number of fused-ring (bicyclic) bond motifs is 1. The second-order valence-corrected chi connectivity index (χ2v) is 6.38. The van der Waals surface area contributed by atoms with Gasteiger partial charge < -0.3 is 14.0 Å². The summed E-state index contributed by atoms with van der Waals surface area (Å²) in [7, 11) is 0. The van der Waals surface area contributed by atoms with Crippen LogP contribution in [0.3, 0.4) is 0 Å². The number of benzene rings is 1. The Morgan fingerprint density at radius 2 is 2.00 bits per heavy atom. The van der Waals surface area contributed by atoms with Gasteiger partial charge in [-0.25, -0.2) is 9.37 Å². The van der Waals surface area contributed by atoms with Crippen molar-refractivity contribution in [1.29, 1.82) is 0 Å². The Balaban J connectivity index is 2.03. The van der Waals surface area contributed by atoms with Crippen LogP contribution in [0.4, 0.5) is 4.39 Å². The summed E-state index contributed by atoms with van der Waals surface area (Å²) in [6.07, 6.45) is 0. The molecule has 0 aliphatic heterocycles. The summed E-state index contributed by atoms with van der Waals surface area (Å²) in [5, 5.41) is 14.1. The van der Waals surface area contributed by atoms with E-state index in [-0.39, 0.29) is 11.6 Å². The molecule has 0 atom stereocenters. The SMILES string of the molecule is Cc1noc(C)c1-c1cc2cc(CO)oc2c(-c2ccc(F)c(Cl)c2)n1. The van der Waals surface area contributed by atoms with Gasteiger partial charge in [0, 0.05) is 10.9 Å². The molecule has 0 spiro atoms. The smallest absolute Gasteiger partial charge is 0.160 e. The van der Waals surface area contributed by atoms with Gasteiger partial charge >= 0.3 is 0 Å². The largest absolute Gasteiger partial charge is 0.456 e. The minimum absolute atomic E-state index is 0.00544. The molecule has 0 aliphatic carbocycles. The number of pyridine rings is 1. The van der Waals surface area contributed by atoms with Crippen LogP contribution in [0.2, 0.25) is 5.02 Å². The first-order valence-electron chi connectivity index (χ1n) is 7.91. The molecular weight excluding hydrogens is 359 g/mol. The van der Waals surface area contributed by atoms with Crippen LogP contribution in [-0.2, 0) is 6.61 Å². The lowest BCUT2D eigenvalue weighted by Gasteiger charge is -2.07. The van der Waals surface area contributed by atoms with Gasteiger partial charge in [0.2, 0.25) is 0 Å². The summed E-state index contributed by atoms with van der Waals surface area (Å²) in [6, 6.07) is 7.95. The van der Waals surface area contributed by atoms with Crippen molar-refractivity contribution in [2.75, 3.05) is 0 Å². The van der Waals surface area contributed by atoms with E-state index in [0.29, 0.717) is 39.7 Å². The van der Waals surface area contributed by atoms with Gasteiger partial charge in [0.1, 0.15) is 29.6 Å². The van der Waals surface area contributed by atoms with E-state index in [1.54, 1.807) is 12.1 Å². The molecule has 0 bridgehead atoms. The number of rotatable bonds is 3. The Hall–Kier alpha value is -2.70. The summed E-state index contributed by atoms with van der Waals surface area (Å²) in [5.74, 6) is 0.541. The van der Waals surface area contributed by atoms with Crippen LogP contribution in [0.15, 0.2) is 39.3 Å². The number of halogens is 2. The van der Waals surface area contributed by atoms with Gasteiger partial charge in [-0.3, -0.25) is 0 Å². The Bertz CT molecular complexity index is 1110. The number of aromatic nitrogens is 2. The van der Waals surface area contributed by atoms with Gasteiger partial charge in [0.05, 0.1) is 22.0 Å². The van der Waals surface area contributed by atoms with Crippen LogP contribution in [0.5, 0.6) is 0 Å². The first kappa shape index (κ1) is 16.8. The topological polar surface area (TPSA) is 72.3 Å². The maximum Gasteiger partial charge on any atom is 0.160 e. The zero-order valence-corrected chi connectivity index (χ0v) is 14.8. The average molecular weight is 373 g/mol. The maximum atomic E-state index is 13.6. The molecule has 132 valence electrons. The van der Waals surface area contributed by atoms with E-state index in [1.165, 1.54) is 12.1 Å². The van der Waals surface area contributed by atoms with E-state index in [9.17, 15) is 9.50 Å². The third-order valence-electron chi connectivity index (χ3n) is 4.19. The standard InChI is InChI=1S/C19H14ClFN2O3/c1-9-17(10(2)26-23-9)16-7-12-5-13(8-24)25-19(12)18(22-16)11-3-4-15(21)14(20)6-11/h3-7,24H,8H2,1-2H3. The van der Waals surface area contributed by atoms with Crippen LogP contribution in [-0.4, -0.2) is 15.2 Å². The highest BCUT2D eigenvalue weighted by molar-refractivity contribution is 6.31. The van der Waals surface area contributed by atoms with Gasteiger partial charge in [-0.05, 0) is 44.2 Å². The summed E-state index contributed by atoms with van der Waals surface area (Å²) in [4.78, 5) is 4.70. The molecule has 3 heterocycles. The van der Waals surface area contributed by atoms with Gasteiger partial charge in [-0.15, -0.1) is 0 Å². The molecule has 0 saturated carbocycles. The Morgan fingerprint density at radius 1 is 1.19 bits per heavy atom. The van der Waals surface area contributed by atoms with E-state index >= 15 is 0 Å². The number of aliphatic hydroxyl groups excluding tert-OH is 1. The predicted octanol–water partition coefficient (Wildman–Crippen LogP) is 5.05. The lowest BCUT2D eigenvalue weighted by Crippen LogP contribution is -1.92. The second kappa shape index (κ2) is 6.23. The molecule has 4 aromatic rings. The van der Waals surface area contributed by atoms with Gasteiger partial charge in [-0.1, -0.05) is 16.8 Å². The van der Waals surface area contributed by atoms with Crippen LogP contribution in [0.25, 0.3) is 33.5 Å². The lowest BCUT2D eigenvalue weighted by atomic mass is 10.0. The number of nitrogens with zero attached hydrogens (tertiary/aromatic N) is 2. The maximum absolute atomic E-state index is 13.6. The molecule has 0 radical (unpaired) electrons. The monoisotopic (exact) mass is 372 g/mol. The van der Waals surface area contributed by atoms with Gasteiger partial charge in [-0.2, -0.15) is 0 Å². The molecule has 1 N–H and O–H groups in total. The number of furan rings is 1. The van der Waals surface area contributed by atoms with Crippen molar-refractivity contribution in [1.82, 2.24) is 10.1 Å². The highest BCUT2D eigenvalue weighted by Crippen LogP contribution is 2.36. The highest BCUT2D eigenvalue weighted by atomic mass is 35.5. The molecule has 0 saturated heterocycles. The first-order valence-corrected chi connectivity index (χ1v) is 8.28. The Labute approximate surface area is 153 Å². The van der Waals surface area contributed by atoms with Crippen molar-refractivity contribution in [3.63, 3.8) is 0 Å². The van der Waals surface area contributed by atoms with Crippen molar-refractivity contribution in [3.05, 3.63) is 58.4 Å². The molecule has 0 fully saturated rings. The minimum atomic E-state index is -0.510. The number of aliphatic hydroxyl groups is 1. The zero-order chi connectivity index (χ0) is 18.4. The fraction of sp³-hybridized carbons (Fsp3) is 0.158. The molecule has 0 amide bonds. The van der Waals surface area contributed by atoms with Gasteiger partial charge in [0.25, 0.3) is 0 Å². The molecule has 4 rings (SSSR count). The van der Waals surface area contributed by atoms with E-state index < -0.39 is 5.82 Å². The minimum Gasteiger partial charge on any atom is -0.456 e. The van der Waals surface area contributed by atoms with Crippen LogP contribution >= 0.6 is 11.6 Å². The molecular formula is C19H14ClFN2O3. The van der Waals surface area contributed by atoms with Crippen molar-refractivity contribution >= 4 is 22.6 Å². The highest BCUT2D eigenvalue weighted by Gasteiger charge is 2.19. The van der Waals surface area contributed by atoms with Crippen molar-refractivity contribution in [3.8, 4) is 22.5 Å². The molecule has 3 aromatic heterocycles. The van der Waals surface area contributed by atoms with E-state index in [0.717, 1.165) is 10.9 Å². The van der Waals surface area contributed by atoms with Crippen LogP contribution < -0.4 is 0 Å². The molecule has 0 aliphatic rings. The summed E-state index contributed by atoms with van der Waals surface area (Å²) in [6.45, 7) is 3.41. The number of hydrogen-bond acceptors (Lipinski definition) is 5. The molecule has 26 heavy (non-hydrogen) atoms. The van der Waals surface area contributed by atoms with Crippen molar-refractivity contribution in [2.24, 2.45) is 0 Å². The average Bonchev–Trinajstić information content (AvgIpc) is 3.19.